The van der Waals surface area contributed by atoms with E-state index in [4.69, 9.17) is 4.74 Å². The number of nitrogens with zero attached hydrogens (tertiary/aromatic N) is 1. The van der Waals surface area contributed by atoms with Gasteiger partial charge in [-0.05, 0) is 54.8 Å². The summed E-state index contributed by atoms with van der Waals surface area (Å²) in [5.74, 6) is 0.433. The second-order valence-corrected chi connectivity index (χ2v) is 6.55. The molecule has 1 heterocycles. The molecular weight excluding hydrogens is 321 g/mol. The Kier molecular flexibility index (Phi) is 6.02. The average Bonchev–Trinajstić information content (AvgIpc) is 2.61. The van der Waals surface area contributed by atoms with Gasteiger partial charge < -0.3 is 14.9 Å². The molecule has 2 aromatic rings. The van der Waals surface area contributed by atoms with Gasteiger partial charge in [0.25, 0.3) is 0 Å². The van der Waals surface area contributed by atoms with Crippen LogP contribution in [0.1, 0.15) is 12.8 Å². The first-order valence-electron chi connectivity index (χ1n) is 8.67. The minimum absolute atomic E-state index is 0.211. The lowest BCUT2D eigenvalue weighted by molar-refractivity contribution is 0.0243. The number of aliphatic hydroxyl groups excluding tert-OH is 2. The molecule has 2 atom stereocenters. The topological polar surface area (TPSA) is 52.9 Å². The molecule has 1 saturated heterocycles. The van der Waals surface area contributed by atoms with Crippen molar-refractivity contribution in [2.45, 2.75) is 25.0 Å². The van der Waals surface area contributed by atoms with Crippen molar-refractivity contribution in [3.63, 3.8) is 0 Å². The number of hydrogen-bond donors (Lipinski definition) is 2. The highest BCUT2D eigenvalue weighted by Gasteiger charge is 2.20. The molecule has 3 rings (SSSR count). The standard InChI is InChI=1S/C20H24FNO3/c21-17-7-3-15(4-8-17)16-5-9-20(10-6-16)25-14-19(24)13-22-11-1-2-18(23)12-22/h3-10,18-19,23-24H,1-2,11-14H2. The zero-order valence-corrected chi connectivity index (χ0v) is 14.1. The van der Waals surface area contributed by atoms with Crippen LogP contribution in [0.2, 0.25) is 0 Å². The van der Waals surface area contributed by atoms with Crippen molar-refractivity contribution in [3.8, 4) is 16.9 Å². The fraction of sp³-hybridized carbons (Fsp3) is 0.400. The summed E-state index contributed by atoms with van der Waals surface area (Å²) in [6.07, 6.45) is 0.909. The van der Waals surface area contributed by atoms with Gasteiger partial charge in [0.15, 0.2) is 0 Å². The van der Waals surface area contributed by atoms with E-state index in [0.29, 0.717) is 18.8 Å². The summed E-state index contributed by atoms with van der Waals surface area (Å²) in [4.78, 5) is 2.07. The predicted octanol–water partition coefficient (Wildman–Crippen LogP) is 2.69. The Morgan fingerprint density at radius 3 is 2.36 bits per heavy atom. The van der Waals surface area contributed by atoms with E-state index in [9.17, 15) is 14.6 Å². The first-order valence-corrected chi connectivity index (χ1v) is 8.67. The van der Waals surface area contributed by atoms with Gasteiger partial charge in [-0.15, -0.1) is 0 Å². The molecule has 1 aliphatic heterocycles. The summed E-state index contributed by atoms with van der Waals surface area (Å²) in [7, 11) is 0. The van der Waals surface area contributed by atoms with Gasteiger partial charge in [0.2, 0.25) is 0 Å². The maximum atomic E-state index is 13.0. The van der Waals surface area contributed by atoms with Crippen molar-refractivity contribution in [2.24, 2.45) is 0 Å². The Balaban J connectivity index is 1.49. The van der Waals surface area contributed by atoms with Crippen LogP contribution >= 0.6 is 0 Å². The highest BCUT2D eigenvalue weighted by atomic mass is 19.1. The molecular formula is C20H24FNO3. The van der Waals surface area contributed by atoms with Gasteiger partial charge in [-0.1, -0.05) is 24.3 Å². The number of rotatable bonds is 6. The van der Waals surface area contributed by atoms with Gasteiger partial charge in [-0.2, -0.15) is 0 Å². The van der Waals surface area contributed by atoms with E-state index in [1.54, 1.807) is 12.1 Å². The highest BCUT2D eigenvalue weighted by Crippen LogP contribution is 2.22. The summed E-state index contributed by atoms with van der Waals surface area (Å²) < 4.78 is 18.6. The van der Waals surface area contributed by atoms with E-state index in [1.165, 1.54) is 12.1 Å². The van der Waals surface area contributed by atoms with Gasteiger partial charge in [0.1, 0.15) is 24.3 Å². The van der Waals surface area contributed by atoms with Crippen LogP contribution in [0, 0.1) is 5.82 Å². The molecule has 4 nitrogen and oxygen atoms in total. The Morgan fingerprint density at radius 1 is 1.08 bits per heavy atom. The van der Waals surface area contributed by atoms with E-state index >= 15 is 0 Å². The average molecular weight is 345 g/mol. The number of likely N-dealkylation sites (tertiary alicyclic amines) is 1. The molecule has 0 aromatic heterocycles. The molecule has 0 amide bonds. The third kappa shape index (κ3) is 5.26. The first kappa shape index (κ1) is 17.9. The van der Waals surface area contributed by atoms with Gasteiger partial charge in [0, 0.05) is 13.1 Å². The summed E-state index contributed by atoms with van der Waals surface area (Å²) >= 11 is 0. The number of aliphatic hydroxyl groups is 2. The number of benzene rings is 2. The predicted molar refractivity (Wildman–Crippen MR) is 95.0 cm³/mol. The van der Waals surface area contributed by atoms with Gasteiger partial charge in [-0.25, -0.2) is 4.39 Å². The molecule has 0 spiro atoms. The van der Waals surface area contributed by atoms with Crippen molar-refractivity contribution in [3.05, 3.63) is 54.3 Å². The number of halogens is 1. The zero-order chi connectivity index (χ0) is 17.6. The van der Waals surface area contributed by atoms with Crippen LogP contribution in [0.4, 0.5) is 4.39 Å². The Morgan fingerprint density at radius 2 is 1.72 bits per heavy atom. The molecule has 2 N–H and O–H groups in total. The van der Waals surface area contributed by atoms with Crippen molar-refractivity contribution in [2.75, 3.05) is 26.2 Å². The fourth-order valence-corrected chi connectivity index (χ4v) is 3.13. The summed E-state index contributed by atoms with van der Waals surface area (Å²) in [6, 6.07) is 13.9. The molecule has 0 bridgehead atoms. The van der Waals surface area contributed by atoms with Gasteiger partial charge in [0.05, 0.1) is 6.10 Å². The summed E-state index contributed by atoms with van der Waals surface area (Å²) in [6.45, 7) is 2.23. The maximum Gasteiger partial charge on any atom is 0.123 e. The molecule has 2 aromatic carbocycles. The fourth-order valence-electron chi connectivity index (χ4n) is 3.13. The third-order valence-corrected chi connectivity index (χ3v) is 4.42. The number of hydrogen-bond acceptors (Lipinski definition) is 4. The molecule has 1 fully saturated rings. The number of β-amino-alcohol motifs (C(OH)–C–C–N with tert-alkyl or cyclic N) is 2. The van der Waals surface area contributed by atoms with Crippen molar-refractivity contribution in [1.82, 2.24) is 4.90 Å². The number of piperidine rings is 1. The van der Waals surface area contributed by atoms with Crippen molar-refractivity contribution in [1.29, 1.82) is 0 Å². The lowest BCUT2D eigenvalue weighted by Gasteiger charge is -2.31. The lowest BCUT2D eigenvalue weighted by atomic mass is 10.1. The van der Waals surface area contributed by atoms with Crippen LogP contribution in [0.25, 0.3) is 11.1 Å². The second-order valence-electron chi connectivity index (χ2n) is 6.55. The van der Waals surface area contributed by atoms with E-state index in [0.717, 1.165) is 30.5 Å². The first-order chi connectivity index (χ1) is 12.1. The largest absolute Gasteiger partial charge is 0.491 e. The molecule has 0 saturated carbocycles. The van der Waals surface area contributed by atoms with E-state index in [-0.39, 0.29) is 18.5 Å². The van der Waals surface area contributed by atoms with Crippen LogP contribution in [-0.2, 0) is 0 Å². The van der Waals surface area contributed by atoms with E-state index in [2.05, 4.69) is 4.90 Å². The SMILES string of the molecule is OC1CCCN(CC(O)COc2ccc(-c3ccc(F)cc3)cc2)C1. The molecule has 1 aliphatic rings. The summed E-state index contributed by atoms with van der Waals surface area (Å²) in [5, 5.41) is 19.8. The monoisotopic (exact) mass is 345 g/mol. The molecule has 25 heavy (non-hydrogen) atoms. The lowest BCUT2D eigenvalue weighted by Crippen LogP contribution is -2.43. The van der Waals surface area contributed by atoms with Crippen LogP contribution in [-0.4, -0.2) is 53.6 Å². The van der Waals surface area contributed by atoms with Crippen LogP contribution < -0.4 is 4.74 Å². The molecule has 5 heteroatoms. The minimum atomic E-state index is -0.595. The number of ether oxygens (including phenoxy) is 1. The van der Waals surface area contributed by atoms with Gasteiger partial charge in [-0.3, -0.25) is 4.90 Å². The highest BCUT2D eigenvalue weighted by molar-refractivity contribution is 5.63. The summed E-state index contributed by atoms with van der Waals surface area (Å²) in [5.41, 5.74) is 1.92. The second kappa shape index (κ2) is 8.43. The molecule has 134 valence electrons. The van der Waals surface area contributed by atoms with Crippen molar-refractivity contribution < 1.29 is 19.3 Å². The smallest absolute Gasteiger partial charge is 0.123 e. The quantitative estimate of drug-likeness (QED) is 0.845. The Bertz CT molecular complexity index is 660. The normalized spacial score (nSPS) is 19.6. The van der Waals surface area contributed by atoms with Crippen LogP contribution in [0.5, 0.6) is 5.75 Å². The van der Waals surface area contributed by atoms with Crippen LogP contribution in [0.15, 0.2) is 48.5 Å². The maximum absolute atomic E-state index is 13.0. The van der Waals surface area contributed by atoms with Crippen molar-refractivity contribution >= 4 is 0 Å². The third-order valence-electron chi connectivity index (χ3n) is 4.42. The minimum Gasteiger partial charge on any atom is -0.491 e. The molecule has 2 unspecified atom stereocenters. The molecule has 0 radical (unpaired) electrons. The van der Waals surface area contributed by atoms with Crippen LogP contribution in [0.3, 0.4) is 0 Å². The Labute approximate surface area is 147 Å². The van der Waals surface area contributed by atoms with E-state index < -0.39 is 6.10 Å². The van der Waals surface area contributed by atoms with E-state index in [1.807, 2.05) is 24.3 Å². The zero-order valence-electron chi connectivity index (χ0n) is 14.1. The Hall–Kier alpha value is -1.95. The molecule has 0 aliphatic carbocycles. The van der Waals surface area contributed by atoms with Gasteiger partial charge >= 0.3 is 0 Å².